The molecule has 0 saturated heterocycles. The molecule has 7 heteroatoms. The number of hydrogen-bond donors (Lipinski definition) is 2. The third-order valence-corrected chi connectivity index (χ3v) is 5.04. The van der Waals surface area contributed by atoms with Gasteiger partial charge < -0.3 is 5.32 Å². The van der Waals surface area contributed by atoms with E-state index in [1.54, 1.807) is 12.3 Å². The van der Waals surface area contributed by atoms with Crippen LogP contribution in [0, 0.1) is 0 Å². The highest BCUT2D eigenvalue weighted by atomic mass is 35.5. The molecule has 0 unspecified atom stereocenters. The predicted molar refractivity (Wildman–Crippen MR) is 100 cm³/mol. The van der Waals surface area contributed by atoms with Crippen LogP contribution in [0.25, 0.3) is 0 Å². The van der Waals surface area contributed by atoms with Crippen molar-refractivity contribution in [3.05, 3.63) is 53.2 Å². The van der Waals surface area contributed by atoms with Gasteiger partial charge in [0.1, 0.15) is 5.82 Å². The topological polar surface area (TPSA) is 71.1 Å². The summed E-state index contributed by atoms with van der Waals surface area (Å²) in [7, 11) is -3.31. The number of halogens is 1. The fourth-order valence-corrected chi connectivity index (χ4v) is 3.44. The van der Waals surface area contributed by atoms with Gasteiger partial charge in [-0.2, -0.15) is 0 Å². The van der Waals surface area contributed by atoms with E-state index in [0.717, 1.165) is 30.1 Å². The third kappa shape index (κ3) is 6.37. The van der Waals surface area contributed by atoms with Crippen LogP contribution in [0.3, 0.4) is 0 Å². The van der Waals surface area contributed by atoms with E-state index in [9.17, 15) is 8.42 Å². The standard InChI is InChI=1S/C17H22ClN3O2S/c1-2-3-12-24(22,23)21-17-9-8-16(13-20-17)19-11-10-14-4-6-15(18)7-5-14/h4-9,13,19H,2-3,10-12H2,1H3,(H,20,21). The highest BCUT2D eigenvalue weighted by Gasteiger charge is 2.10. The lowest BCUT2D eigenvalue weighted by Gasteiger charge is -2.09. The molecule has 0 saturated carbocycles. The number of benzene rings is 1. The Balaban J connectivity index is 1.82. The van der Waals surface area contributed by atoms with Gasteiger partial charge in [0.2, 0.25) is 10.0 Å². The smallest absolute Gasteiger partial charge is 0.233 e. The Labute approximate surface area is 148 Å². The summed E-state index contributed by atoms with van der Waals surface area (Å²) in [6.45, 7) is 2.71. The summed E-state index contributed by atoms with van der Waals surface area (Å²) in [5, 5.41) is 3.99. The second-order valence-corrected chi connectivity index (χ2v) is 7.79. The van der Waals surface area contributed by atoms with E-state index in [1.807, 2.05) is 37.3 Å². The molecular weight excluding hydrogens is 346 g/mol. The Kier molecular flexibility index (Phi) is 6.87. The van der Waals surface area contributed by atoms with E-state index in [2.05, 4.69) is 15.0 Å². The minimum absolute atomic E-state index is 0.117. The molecule has 0 aliphatic carbocycles. The van der Waals surface area contributed by atoms with Gasteiger partial charge >= 0.3 is 0 Å². The number of nitrogens with one attached hydrogen (secondary N) is 2. The van der Waals surface area contributed by atoms with Crippen LogP contribution in [-0.2, 0) is 16.4 Å². The fourth-order valence-electron chi connectivity index (χ4n) is 2.11. The first-order chi connectivity index (χ1) is 11.5. The summed E-state index contributed by atoms with van der Waals surface area (Å²) in [4.78, 5) is 4.14. The molecule has 0 atom stereocenters. The lowest BCUT2D eigenvalue weighted by atomic mass is 10.1. The minimum Gasteiger partial charge on any atom is -0.383 e. The van der Waals surface area contributed by atoms with Crippen LogP contribution >= 0.6 is 11.6 Å². The first-order valence-corrected chi connectivity index (χ1v) is 9.96. The maximum atomic E-state index is 11.8. The van der Waals surface area contributed by atoms with E-state index in [0.29, 0.717) is 12.2 Å². The molecule has 0 amide bonds. The van der Waals surface area contributed by atoms with Crippen molar-refractivity contribution in [1.82, 2.24) is 4.98 Å². The SMILES string of the molecule is CCCCS(=O)(=O)Nc1ccc(NCCc2ccc(Cl)cc2)cn1. The van der Waals surface area contributed by atoms with Crippen LogP contribution < -0.4 is 10.0 Å². The summed E-state index contributed by atoms with van der Waals surface area (Å²) < 4.78 is 26.1. The van der Waals surface area contributed by atoms with Gasteiger partial charge in [0.05, 0.1) is 17.6 Å². The number of anilines is 2. The van der Waals surface area contributed by atoms with Crippen molar-refractivity contribution in [2.75, 3.05) is 22.3 Å². The van der Waals surface area contributed by atoms with Crippen LogP contribution in [0.15, 0.2) is 42.6 Å². The maximum Gasteiger partial charge on any atom is 0.233 e. The average molecular weight is 368 g/mol. The first-order valence-electron chi connectivity index (χ1n) is 7.93. The molecule has 130 valence electrons. The van der Waals surface area contributed by atoms with Crippen LogP contribution in [0.1, 0.15) is 25.3 Å². The quantitative estimate of drug-likeness (QED) is 0.704. The number of unbranched alkanes of at least 4 members (excludes halogenated alkanes) is 1. The highest BCUT2D eigenvalue weighted by molar-refractivity contribution is 7.92. The zero-order valence-electron chi connectivity index (χ0n) is 13.6. The number of hydrogen-bond acceptors (Lipinski definition) is 4. The lowest BCUT2D eigenvalue weighted by molar-refractivity contribution is 0.597. The molecule has 2 rings (SSSR count). The van der Waals surface area contributed by atoms with E-state index >= 15 is 0 Å². The van der Waals surface area contributed by atoms with Gasteiger partial charge in [0, 0.05) is 11.6 Å². The Hall–Kier alpha value is -1.79. The number of aromatic nitrogens is 1. The molecule has 24 heavy (non-hydrogen) atoms. The zero-order chi connectivity index (χ0) is 17.4. The normalized spacial score (nSPS) is 11.2. The van der Waals surface area contributed by atoms with Crippen LogP contribution in [0.4, 0.5) is 11.5 Å². The van der Waals surface area contributed by atoms with Gasteiger partial charge in [0.15, 0.2) is 0 Å². The van der Waals surface area contributed by atoms with Crippen LogP contribution in [0.2, 0.25) is 5.02 Å². The van der Waals surface area contributed by atoms with Crippen LogP contribution in [-0.4, -0.2) is 25.7 Å². The Morgan fingerprint density at radius 2 is 1.88 bits per heavy atom. The van der Waals surface area contributed by atoms with Crippen molar-refractivity contribution in [3.63, 3.8) is 0 Å². The van der Waals surface area contributed by atoms with Crippen LogP contribution in [0.5, 0.6) is 0 Å². The average Bonchev–Trinajstić information content (AvgIpc) is 2.56. The largest absolute Gasteiger partial charge is 0.383 e. The molecule has 0 spiro atoms. The van der Waals surface area contributed by atoms with Gasteiger partial charge in [-0.15, -0.1) is 0 Å². The van der Waals surface area contributed by atoms with Gasteiger partial charge in [-0.3, -0.25) is 4.72 Å². The second kappa shape index (κ2) is 8.89. The van der Waals surface area contributed by atoms with Crippen molar-refractivity contribution in [2.45, 2.75) is 26.2 Å². The molecule has 0 fully saturated rings. The number of rotatable bonds is 9. The molecule has 0 aliphatic heterocycles. The number of pyridine rings is 1. The van der Waals surface area contributed by atoms with Crippen molar-refractivity contribution in [3.8, 4) is 0 Å². The third-order valence-electron chi connectivity index (χ3n) is 3.45. The molecule has 0 bridgehead atoms. The first kappa shape index (κ1) is 18.5. The molecule has 2 N–H and O–H groups in total. The van der Waals surface area contributed by atoms with Crippen molar-refractivity contribution >= 4 is 33.1 Å². The minimum atomic E-state index is -3.31. The lowest BCUT2D eigenvalue weighted by Crippen LogP contribution is -2.17. The van der Waals surface area contributed by atoms with E-state index in [4.69, 9.17) is 11.6 Å². The van der Waals surface area contributed by atoms with Gasteiger partial charge in [-0.25, -0.2) is 13.4 Å². The molecule has 0 aliphatic rings. The molecule has 2 aromatic rings. The van der Waals surface area contributed by atoms with E-state index < -0.39 is 10.0 Å². The Morgan fingerprint density at radius 1 is 1.12 bits per heavy atom. The predicted octanol–water partition coefficient (Wildman–Crippen LogP) is 3.93. The Morgan fingerprint density at radius 3 is 2.50 bits per heavy atom. The van der Waals surface area contributed by atoms with Gasteiger partial charge in [-0.1, -0.05) is 37.1 Å². The summed E-state index contributed by atoms with van der Waals surface area (Å²) in [6.07, 6.45) is 3.96. The van der Waals surface area contributed by atoms with Gasteiger partial charge in [0.25, 0.3) is 0 Å². The fraction of sp³-hybridized carbons (Fsp3) is 0.353. The molecule has 1 heterocycles. The summed E-state index contributed by atoms with van der Waals surface area (Å²) in [5.74, 6) is 0.459. The summed E-state index contributed by atoms with van der Waals surface area (Å²) in [6, 6.07) is 11.2. The van der Waals surface area contributed by atoms with Crippen molar-refractivity contribution < 1.29 is 8.42 Å². The maximum absolute atomic E-state index is 11.8. The van der Waals surface area contributed by atoms with Gasteiger partial charge in [-0.05, 0) is 42.7 Å². The number of sulfonamides is 1. The van der Waals surface area contributed by atoms with E-state index in [-0.39, 0.29) is 5.75 Å². The Bertz CT molecular complexity index is 731. The molecule has 1 aromatic heterocycles. The second-order valence-electron chi connectivity index (χ2n) is 5.51. The molecule has 5 nitrogen and oxygen atoms in total. The molecule has 0 radical (unpaired) electrons. The summed E-state index contributed by atoms with van der Waals surface area (Å²) in [5.41, 5.74) is 2.04. The van der Waals surface area contributed by atoms with Crippen molar-refractivity contribution in [2.24, 2.45) is 0 Å². The molecule has 1 aromatic carbocycles. The highest BCUT2D eigenvalue weighted by Crippen LogP contribution is 2.13. The monoisotopic (exact) mass is 367 g/mol. The summed E-state index contributed by atoms with van der Waals surface area (Å²) >= 11 is 5.86. The molecular formula is C17H22ClN3O2S. The number of nitrogens with zero attached hydrogens (tertiary/aromatic N) is 1. The zero-order valence-corrected chi connectivity index (χ0v) is 15.2. The van der Waals surface area contributed by atoms with E-state index in [1.165, 1.54) is 5.56 Å². The van der Waals surface area contributed by atoms with Crippen molar-refractivity contribution in [1.29, 1.82) is 0 Å².